The third-order valence-electron chi connectivity index (χ3n) is 5.34. The maximum atomic E-state index is 13.3. The van der Waals surface area contributed by atoms with Gasteiger partial charge in [-0.05, 0) is 25.0 Å². The average Bonchev–Trinajstić information content (AvgIpc) is 3.47. The highest BCUT2D eigenvalue weighted by atomic mass is 35.5. The number of rotatable bonds is 5. The van der Waals surface area contributed by atoms with Crippen LogP contribution in [0, 0.1) is 0 Å². The van der Waals surface area contributed by atoms with Gasteiger partial charge in [-0.15, -0.1) is 0 Å². The standard InChI is InChI=1S/C19H22ClN3O5S/c1-22-19(25)14(16(21-22)11-3-4-11)18(24)12-5-6-13(29(2,26)27)17(15(12)20)23-7-9-28-10-8-23/h5-6,11,21H,3-4,7-10H2,1-2H3. The first kappa shape index (κ1) is 20.2. The first-order chi connectivity index (χ1) is 13.7. The van der Waals surface area contributed by atoms with Crippen molar-refractivity contribution in [3.63, 3.8) is 0 Å². The van der Waals surface area contributed by atoms with E-state index in [1.807, 2.05) is 4.90 Å². The Balaban J connectivity index is 1.87. The summed E-state index contributed by atoms with van der Waals surface area (Å²) >= 11 is 6.62. The van der Waals surface area contributed by atoms with E-state index in [1.54, 1.807) is 7.05 Å². The second-order valence-corrected chi connectivity index (χ2v) is 9.88. The van der Waals surface area contributed by atoms with Crippen molar-refractivity contribution in [3.8, 4) is 0 Å². The Labute approximate surface area is 173 Å². The molecule has 2 aromatic rings. The lowest BCUT2D eigenvalue weighted by Crippen LogP contribution is -2.37. The maximum Gasteiger partial charge on any atom is 0.277 e. The van der Waals surface area contributed by atoms with Crippen LogP contribution in [0.1, 0.15) is 40.4 Å². The minimum Gasteiger partial charge on any atom is -0.378 e. The number of hydrogen-bond donors (Lipinski definition) is 1. The van der Waals surface area contributed by atoms with Crippen molar-refractivity contribution < 1.29 is 17.9 Å². The zero-order valence-corrected chi connectivity index (χ0v) is 17.8. The minimum atomic E-state index is -3.58. The number of carbonyl (C=O) groups excluding carboxylic acids is 1. The van der Waals surface area contributed by atoms with Gasteiger partial charge in [-0.3, -0.25) is 19.4 Å². The number of benzene rings is 1. The second kappa shape index (κ2) is 7.30. The molecule has 29 heavy (non-hydrogen) atoms. The Morgan fingerprint density at radius 3 is 2.48 bits per heavy atom. The van der Waals surface area contributed by atoms with Crippen molar-refractivity contribution in [2.75, 3.05) is 37.5 Å². The number of aromatic amines is 1. The molecule has 1 N–H and O–H groups in total. The molecule has 156 valence electrons. The van der Waals surface area contributed by atoms with E-state index < -0.39 is 21.2 Å². The Hall–Kier alpha value is -2.10. The number of ether oxygens (including phenoxy) is 1. The molecule has 1 aromatic heterocycles. The molecule has 1 saturated heterocycles. The van der Waals surface area contributed by atoms with Gasteiger partial charge in [0.1, 0.15) is 5.56 Å². The summed E-state index contributed by atoms with van der Waals surface area (Å²) in [5, 5.41) is 3.02. The van der Waals surface area contributed by atoms with Crippen LogP contribution in [0.25, 0.3) is 0 Å². The molecule has 0 bridgehead atoms. The van der Waals surface area contributed by atoms with Crippen LogP contribution in [-0.2, 0) is 21.6 Å². The molecular weight excluding hydrogens is 418 g/mol. The SMILES string of the molecule is Cn1[nH]c(C2CC2)c(C(=O)c2ccc(S(C)(=O)=O)c(N3CCOCC3)c2Cl)c1=O. The first-order valence-electron chi connectivity index (χ1n) is 9.39. The molecule has 0 amide bonds. The number of hydrogen-bond acceptors (Lipinski definition) is 6. The van der Waals surface area contributed by atoms with Crippen LogP contribution in [0.5, 0.6) is 0 Å². The Morgan fingerprint density at radius 1 is 1.24 bits per heavy atom. The Kier molecular flexibility index (Phi) is 5.08. The van der Waals surface area contributed by atoms with Gasteiger partial charge in [0, 0.05) is 37.9 Å². The highest BCUT2D eigenvalue weighted by molar-refractivity contribution is 7.90. The monoisotopic (exact) mass is 439 g/mol. The van der Waals surface area contributed by atoms with Crippen LogP contribution < -0.4 is 10.5 Å². The molecule has 4 rings (SSSR count). The number of nitrogens with one attached hydrogen (secondary N) is 1. The van der Waals surface area contributed by atoms with Gasteiger partial charge in [0.05, 0.1) is 34.5 Å². The van der Waals surface area contributed by atoms with Gasteiger partial charge in [0.2, 0.25) is 5.78 Å². The number of aromatic nitrogens is 2. The van der Waals surface area contributed by atoms with Crippen LogP contribution in [0.2, 0.25) is 5.02 Å². The smallest absolute Gasteiger partial charge is 0.277 e. The third kappa shape index (κ3) is 3.62. The van der Waals surface area contributed by atoms with E-state index in [9.17, 15) is 18.0 Å². The van der Waals surface area contributed by atoms with Crippen LogP contribution in [0.4, 0.5) is 5.69 Å². The molecule has 2 aliphatic rings. The predicted octanol–water partition coefficient (Wildman–Crippen LogP) is 1.72. The molecule has 0 radical (unpaired) electrons. The summed E-state index contributed by atoms with van der Waals surface area (Å²) in [6.07, 6.45) is 2.94. The van der Waals surface area contributed by atoms with Crippen LogP contribution in [0.15, 0.2) is 21.8 Å². The maximum absolute atomic E-state index is 13.3. The molecule has 0 unspecified atom stereocenters. The van der Waals surface area contributed by atoms with Crippen molar-refractivity contribution in [1.82, 2.24) is 9.78 Å². The van der Waals surface area contributed by atoms with Gasteiger partial charge in [0.15, 0.2) is 9.84 Å². The fraction of sp³-hybridized carbons (Fsp3) is 0.474. The van der Waals surface area contributed by atoms with Crippen molar-refractivity contribution in [2.24, 2.45) is 7.05 Å². The van der Waals surface area contributed by atoms with E-state index in [2.05, 4.69) is 5.10 Å². The molecule has 2 fully saturated rings. The molecule has 8 nitrogen and oxygen atoms in total. The molecule has 1 aliphatic carbocycles. The third-order valence-corrected chi connectivity index (χ3v) is 6.85. The van der Waals surface area contributed by atoms with E-state index in [4.69, 9.17) is 16.3 Å². The fourth-order valence-electron chi connectivity index (χ4n) is 3.69. The molecule has 0 spiro atoms. The topological polar surface area (TPSA) is 101 Å². The Bertz CT molecular complexity index is 1140. The predicted molar refractivity (Wildman–Crippen MR) is 109 cm³/mol. The van der Waals surface area contributed by atoms with Crippen LogP contribution in [0.3, 0.4) is 0 Å². The normalized spacial score (nSPS) is 17.6. The van der Waals surface area contributed by atoms with Gasteiger partial charge < -0.3 is 9.64 Å². The van der Waals surface area contributed by atoms with E-state index in [1.165, 1.54) is 16.8 Å². The van der Waals surface area contributed by atoms with Gasteiger partial charge in [-0.2, -0.15) is 0 Å². The van der Waals surface area contributed by atoms with Crippen molar-refractivity contribution >= 4 is 32.9 Å². The molecule has 1 aliphatic heterocycles. The number of nitrogens with zero attached hydrogens (tertiary/aromatic N) is 2. The van der Waals surface area contributed by atoms with Crippen molar-refractivity contribution in [2.45, 2.75) is 23.7 Å². The quantitative estimate of drug-likeness (QED) is 0.712. The lowest BCUT2D eigenvalue weighted by atomic mass is 10.0. The molecule has 10 heteroatoms. The number of carbonyl (C=O) groups is 1. The van der Waals surface area contributed by atoms with E-state index in [-0.39, 0.29) is 27.0 Å². The van der Waals surface area contributed by atoms with Gasteiger partial charge in [-0.25, -0.2) is 8.42 Å². The number of aryl methyl sites for hydroxylation is 1. The first-order valence-corrected chi connectivity index (χ1v) is 11.7. The van der Waals surface area contributed by atoms with Crippen LogP contribution >= 0.6 is 11.6 Å². The zero-order valence-electron chi connectivity index (χ0n) is 16.2. The molecule has 2 heterocycles. The number of halogens is 1. The molecular formula is C19H22ClN3O5S. The lowest BCUT2D eigenvalue weighted by molar-refractivity contribution is 0.103. The molecule has 1 saturated carbocycles. The largest absolute Gasteiger partial charge is 0.378 e. The summed E-state index contributed by atoms with van der Waals surface area (Å²) < 4.78 is 31.3. The van der Waals surface area contributed by atoms with Crippen molar-refractivity contribution in [1.29, 1.82) is 0 Å². The highest BCUT2D eigenvalue weighted by Crippen LogP contribution is 2.42. The van der Waals surface area contributed by atoms with E-state index in [0.717, 1.165) is 19.1 Å². The minimum absolute atomic E-state index is 0.0461. The lowest BCUT2D eigenvalue weighted by Gasteiger charge is -2.31. The summed E-state index contributed by atoms with van der Waals surface area (Å²) in [6.45, 7) is 1.78. The molecule has 1 aromatic carbocycles. The van der Waals surface area contributed by atoms with Gasteiger partial charge >= 0.3 is 0 Å². The van der Waals surface area contributed by atoms with Gasteiger partial charge in [-0.1, -0.05) is 11.6 Å². The summed E-state index contributed by atoms with van der Waals surface area (Å²) in [5.41, 5.74) is 0.714. The molecule has 0 atom stereocenters. The number of anilines is 1. The number of sulfone groups is 1. The van der Waals surface area contributed by atoms with Crippen molar-refractivity contribution in [3.05, 3.63) is 44.3 Å². The number of ketones is 1. The fourth-order valence-corrected chi connectivity index (χ4v) is 5.02. The van der Waals surface area contributed by atoms with Crippen LogP contribution in [-0.4, -0.2) is 56.5 Å². The highest BCUT2D eigenvalue weighted by Gasteiger charge is 2.35. The van der Waals surface area contributed by atoms with Gasteiger partial charge in [0.25, 0.3) is 5.56 Å². The summed E-state index contributed by atoms with van der Waals surface area (Å²) in [6, 6.07) is 2.79. The summed E-state index contributed by atoms with van der Waals surface area (Å²) in [7, 11) is -2.01. The van der Waals surface area contributed by atoms with E-state index >= 15 is 0 Å². The summed E-state index contributed by atoms with van der Waals surface area (Å²) in [4.78, 5) is 27.8. The Morgan fingerprint density at radius 2 is 1.90 bits per heavy atom. The number of morpholine rings is 1. The second-order valence-electron chi connectivity index (χ2n) is 7.51. The zero-order chi connectivity index (χ0) is 20.9. The van der Waals surface area contributed by atoms with E-state index in [0.29, 0.717) is 37.7 Å². The average molecular weight is 440 g/mol. The number of H-pyrrole nitrogens is 1. The summed E-state index contributed by atoms with van der Waals surface area (Å²) in [5.74, 6) is -0.330.